The summed E-state index contributed by atoms with van der Waals surface area (Å²) in [5.74, 6) is 0. The van der Waals surface area contributed by atoms with Crippen molar-refractivity contribution in [3.8, 4) is 28.5 Å². The highest BCUT2D eigenvalue weighted by Gasteiger charge is 2.34. The van der Waals surface area contributed by atoms with Crippen molar-refractivity contribution in [2.24, 2.45) is 0 Å². The van der Waals surface area contributed by atoms with Crippen molar-refractivity contribution in [1.82, 2.24) is 24.1 Å². The van der Waals surface area contributed by atoms with Crippen LogP contribution in [-0.4, -0.2) is 29.8 Å². The molecule has 0 atom stereocenters. The molecule has 1 saturated carbocycles. The van der Waals surface area contributed by atoms with Gasteiger partial charge < -0.3 is 4.40 Å². The molecule has 7 heteroatoms. The molecule has 5 rings (SSSR count). The molecule has 1 aliphatic rings. The molecule has 6 nitrogen and oxygen atoms in total. The van der Waals surface area contributed by atoms with Gasteiger partial charge >= 0.3 is 0 Å². The number of imidazole rings is 1. The quantitative estimate of drug-likeness (QED) is 0.521. The predicted octanol–water partition coefficient (Wildman–Crippen LogP) is 4.41. The number of fused-ring (bicyclic) bond motifs is 1. The van der Waals surface area contributed by atoms with Gasteiger partial charge in [-0.1, -0.05) is 12.8 Å². The smallest absolute Gasteiger partial charge is 0.141 e. The lowest BCUT2D eigenvalue weighted by Crippen LogP contribution is -2.25. The number of hydrogen-bond donors (Lipinski definition) is 0. The van der Waals surface area contributed by atoms with Gasteiger partial charge in [0.15, 0.2) is 0 Å². The summed E-state index contributed by atoms with van der Waals surface area (Å²) >= 11 is 0. The van der Waals surface area contributed by atoms with Crippen LogP contribution < -0.4 is 0 Å². The van der Waals surface area contributed by atoms with Crippen LogP contribution in [0.15, 0.2) is 55.2 Å². The second-order valence-corrected chi connectivity index (χ2v) is 7.60. The first-order chi connectivity index (χ1) is 14.1. The van der Waals surface area contributed by atoms with Crippen LogP contribution in [0.5, 0.6) is 0 Å². The third kappa shape index (κ3) is 3.27. The highest BCUT2D eigenvalue weighted by Crippen LogP contribution is 2.36. The maximum atomic E-state index is 14.9. The first kappa shape index (κ1) is 17.6. The Hall–Kier alpha value is -3.53. The number of pyridine rings is 2. The fraction of sp³-hybridized carbons (Fsp3) is 0.273. The molecule has 0 spiro atoms. The Bertz CT molecular complexity index is 1230. The zero-order valence-corrected chi connectivity index (χ0v) is 15.8. The van der Waals surface area contributed by atoms with Crippen molar-refractivity contribution < 1.29 is 4.39 Å². The Balaban J connectivity index is 1.56. The molecule has 0 amide bonds. The molecule has 1 fully saturated rings. The number of nitrogens with zero attached hydrogens (tertiary/aromatic N) is 6. The number of hydrogen-bond acceptors (Lipinski definition) is 4. The lowest BCUT2D eigenvalue weighted by Gasteiger charge is -2.18. The summed E-state index contributed by atoms with van der Waals surface area (Å²) in [4.78, 5) is 8.88. The Kier molecular flexibility index (Phi) is 4.13. The van der Waals surface area contributed by atoms with E-state index in [-0.39, 0.29) is 6.54 Å². The van der Waals surface area contributed by atoms with E-state index in [4.69, 9.17) is 0 Å². The molecule has 0 aromatic carbocycles. The average Bonchev–Trinajstić information content (AvgIpc) is 3.48. The van der Waals surface area contributed by atoms with E-state index in [1.165, 1.54) is 0 Å². The Morgan fingerprint density at radius 1 is 1.14 bits per heavy atom. The van der Waals surface area contributed by atoms with Gasteiger partial charge in [-0.25, -0.2) is 14.4 Å². The van der Waals surface area contributed by atoms with Gasteiger partial charge in [0.2, 0.25) is 0 Å². The minimum absolute atomic E-state index is 0.270. The number of halogens is 1. The first-order valence-electron chi connectivity index (χ1n) is 9.70. The van der Waals surface area contributed by atoms with E-state index in [0.29, 0.717) is 24.2 Å². The number of aromatic nitrogens is 5. The monoisotopic (exact) mass is 386 g/mol. The van der Waals surface area contributed by atoms with Crippen molar-refractivity contribution in [2.75, 3.05) is 0 Å². The average molecular weight is 386 g/mol. The Morgan fingerprint density at radius 2 is 2.00 bits per heavy atom. The summed E-state index contributed by atoms with van der Waals surface area (Å²) in [6.07, 6.45) is 12.2. The van der Waals surface area contributed by atoms with Gasteiger partial charge in [0.1, 0.15) is 23.1 Å². The van der Waals surface area contributed by atoms with Crippen LogP contribution in [0, 0.1) is 11.3 Å². The molecule has 144 valence electrons. The van der Waals surface area contributed by atoms with Gasteiger partial charge in [0.25, 0.3) is 0 Å². The standard InChI is InChI=1S/C22H19FN6/c23-22(6-1-2-7-22)15-29-14-17(13-26-29)19-4-3-18(12-24)27-21(19)16-5-9-28-10-8-25-20(28)11-16/h3-5,8-11,13-14H,1-2,6-7,15H2. The largest absolute Gasteiger partial charge is 0.307 e. The topological polar surface area (TPSA) is 71.8 Å². The summed E-state index contributed by atoms with van der Waals surface area (Å²) in [5, 5.41) is 13.7. The number of rotatable bonds is 4. The second-order valence-electron chi connectivity index (χ2n) is 7.60. The molecule has 0 N–H and O–H groups in total. The molecule has 0 radical (unpaired) electrons. The first-order valence-corrected chi connectivity index (χ1v) is 9.70. The summed E-state index contributed by atoms with van der Waals surface area (Å²) in [6.45, 7) is 0.270. The predicted molar refractivity (Wildman–Crippen MR) is 107 cm³/mol. The van der Waals surface area contributed by atoms with Crippen LogP contribution in [0.3, 0.4) is 0 Å². The summed E-state index contributed by atoms with van der Waals surface area (Å²) in [5.41, 5.74) is 3.22. The zero-order chi connectivity index (χ0) is 19.8. The molecular formula is C22H19FN6. The van der Waals surface area contributed by atoms with E-state index in [1.54, 1.807) is 23.1 Å². The van der Waals surface area contributed by atoms with E-state index in [9.17, 15) is 9.65 Å². The molecule has 4 aromatic heterocycles. The van der Waals surface area contributed by atoms with Gasteiger partial charge in [-0.05, 0) is 37.1 Å². The molecule has 0 saturated heterocycles. The van der Waals surface area contributed by atoms with Crippen molar-refractivity contribution in [2.45, 2.75) is 37.9 Å². The van der Waals surface area contributed by atoms with E-state index in [2.05, 4.69) is 21.1 Å². The molecular weight excluding hydrogens is 367 g/mol. The van der Waals surface area contributed by atoms with E-state index in [1.807, 2.05) is 41.2 Å². The molecule has 4 aromatic rings. The fourth-order valence-corrected chi connectivity index (χ4v) is 4.08. The van der Waals surface area contributed by atoms with Gasteiger partial charge in [0.05, 0.1) is 18.4 Å². The molecule has 29 heavy (non-hydrogen) atoms. The Morgan fingerprint density at radius 3 is 2.83 bits per heavy atom. The third-order valence-electron chi connectivity index (χ3n) is 5.57. The lowest BCUT2D eigenvalue weighted by atomic mass is 10.0. The van der Waals surface area contributed by atoms with Gasteiger partial charge in [-0.3, -0.25) is 4.68 Å². The Labute approximate surface area is 167 Å². The number of alkyl halides is 1. The minimum atomic E-state index is -1.17. The summed E-state index contributed by atoms with van der Waals surface area (Å²) in [6, 6.07) is 9.55. The van der Waals surface area contributed by atoms with Crippen molar-refractivity contribution in [1.29, 1.82) is 5.26 Å². The maximum Gasteiger partial charge on any atom is 0.141 e. The molecule has 0 bridgehead atoms. The maximum absolute atomic E-state index is 14.9. The summed E-state index contributed by atoms with van der Waals surface area (Å²) in [7, 11) is 0. The van der Waals surface area contributed by atoms with Crippen molar-refractivity contribution in [3.05, 3.63) is 60.9 Å². The van der Waals surface area contributed by atoms with Crippen LogP contribution in [0.2, 0.25) is 0 Å². The highest BCUT2D eigenvalue weighted by atomic mass is 19.1. The van der Waals surface area contributed by atoms with Crippen LogP contribution in [0.25, 0.3) is 28.0 Å². The SMILES string of the molecule is N#Cc1ccc(-c2cnn(CC3(F)CCCC3)c2)c(-c2ccn3ccnc3c2)n1. The van der Waals surface area contributed by atoms with Gasteiger partial charge in [-0.15, -0.1) is 0 Å². The minimum Gasteiger partial charge on any atom is -0.307 e. The second kappa shape index (κ2) is 6.82. The molecule has 0 unspecified atom stereocenters. The van der Waals surface area contributed by atoms with Crippen molar-refractivity contribution >= 4 is 5.65 Å². The number of nitriles is 1. The zero-order valence-electron chi connectivity index (χ0n) is 15.8. The normalized spacial score (nSPS) is 15.6. The van der Waals surface area contributed by atoms with E-state index < -0.39 is 5.67 Å². The van der Waals surface area contributed by atoms with Crippen LogP contribution in [-0.2, 0) is 6.54 Å². The molecule has 4 heterocycles. The van der Waals surface area contributed by atoms with Crippen LogP contribution in [0.1, 0.15) is 31.4 Å². The molecule has 1 aliphatic carbocycles. The van der Waals surface area contributed by atoms with E-state index >= 15 is 0 Å². The lowest BCUT2D eigenvalue weighted by molar-refractivity contribution is 0.139. The van der Waals surface area contributed by atoms with E-state index in [0.717, 1.165) is 35.2 Å². The van der Waals surface area contributed by atoms with Crippen LogP contribution >= 0.6 is 0 Å². The summed E-state index contributed by atoms with van der Waals surface area (Å²) < 4.78 is 18.4. The molecule has 0 aliphatic heterocycles. The van der Waals surface area contributed by atoms with Crippen LogP contribution in [0.4, 0.5) is 4.39 Å². The fourth-order valence-electron chi connectivity index (χ4n) is 4.08. The van der Waals surface area contributed by atoms with Gasteiger partial charge in [0, 0.05) is 41.5 Å². The third-order valence-corrected chi connectivity index (χ3v) is 5.57. The highest BCUT2D eigenvalue weighted by molar-refractivity contribution is 5.81. The van der Waals surface area contributed by atoms with Gasteiger partial charge in [-0.2, -0.15) is 10.4 Å². The van der Waals surface area contributed by atoms with Crippen molar-refractivity contribution in [3.63, 3.8) is 0 Å².